The molecule has 1 aromatic carbocycles. The summed E-state index contributed by atoms with van der Waals surface area (Å²) in [5.41, 5.74) is 6.83. The van der Waals surface area contributed by atoms with Crippen molar-refractivity contribution in [3.8, 4) is 11.5 Å². The fourth-order valence-corrected chi connectivity index (χ4v) is 1.73. The molecule has 0 aromatic heterocycles. The lowest BCUT2D eigenvalue weighted by atomic mass is 10.0. The highest BCUT2D eigenvalue weighted by Gasteiger charge is 2.12. The van der Waals surface area contributed by atoms with E-state index in [9.17, 15) is 8.78 Å². The molecular formula is C13H18ClF2NO2. The van der Waals surface area contributed by atoms with Gasteiger partial charge < -0.3 is 15.2 Å². The molecule has 0 fully saturated rings. The van der Waals surface area contributed by atoms with E-state index in [4.69, 9.17) is 15.2 Å². The molecule has 19 heavy (non-hydrogen) atoms. The van der Waals surface area contributed by atoms with E-state index < -0.39 is 6.08 Å². The summed E-state index contributed by atoms with van der Waals surface area (Å²) in [6.45, 7) is 1.87. The number of hydrogen-bond acceptors (Lipinski definition) is 3. The Bertz CT molecular complexity index is 421. The van der Waals surface area contributed by atoms with Gasteiger partial charge in [0.2, 0.25) is 0 Å². The third-order valence-electron chi connectivity index (χ3n) is 2.41. The molecule has 0 aliphatic heterocycles. The van der Waals surface area contributed by atoms with Crippen molar-refractivity contribution in [2.45, 2.75) is 19.4 Å². The molecule has 6 heteroatoms. The molecule has 0 amide bonds. The van der Waals surface area contributed by atoms with Gasteiger partial charge in [0.15, 0.2) is 0 Å². The number of nitrogens with two attached hydrogens (primary N) is 1. The Morgan fingerprint density at radius 2 is 1.74 bits per heavy atom. The first-order chi connectivity index (χ1) is 8.47. The van der Waals surface area contributed by atoms with Crippen molar-refractivity contribution in [2.75, 3.05) is 14.2 Å². The largest absolute Gasteiger partial charge is 0.496 e. The Labute approximate surface area is 117 Å². The van der Waals surface area contributed by atoms with Gasteiger partial charge in [-0.05, 0) is 31.0 Å². The predicted octanol–water partition coefficient (Wildman–Crippen LogP) is 3.25. The van der Waals surface area contributed by atoms with E-state index in [1.54, 1.807) is 12.1 Å². The monoisotopic (exact) mass is 293 g/mol. The van der Waals surface area contributed by atoms with Crippen LogP contribution in [0.2, 0.25) is 0 Å². The first-order valence-electron chi connectivity index (χ1n) is 5.51. The maximum absolute atomic E-state index is 12.4. The Balaban J connectivity index is 0.00000324. The Morgan fingerprint density at radius 3 is 2.05 bits per heavy atom. The molecule has 0 aliphatic carbocycles. The molecule has 2 N–H and O–H groups in total. The van der Waals surface area contributed by atoms with Crippen LogP contribution in [0.1, 0.15) is 18.1 Å². The minimum atomic E-state index is -1.80. The second-order valence-corrected chi connectivity index (χ2v) is 4.03. The highest BCUT2D eigenvalue weighted by Crippen LogP contribution is 2.33. The van der Waals surface area contributed by atoms with E-state index in [1.165, 1.54) is 14.2 Å². The van der Waals surface area contributed by atoms with Crippen molar-refractivity contribution in [2.24, 2.45) is 5.73 Å². The summed E-state index contributed by atoms with van der Waals surface area (Å²) < 4.78 is 35.0. The quantitative estimate of drug-likeness (QED) is 0.906. The van der Waals surface area contributed by atoms with Crippen molar-refractivity contribution >= 4 is 18.5 Å². The fourth-order valence-electron chi connectivity index (χ4n) is 1.73. The molecule has 0 bridgehead atoms. The molecule has 1 aromatic rings. The smallest absolute Gasteiger partial charge is 0.271 e. The van der Waals surface area contributed by atoms with E-state index in [1.807, 2.05) is 6.92 Å². The molecule has 0 aliphatic rings. The number of benzene rings is 1. The summed E-state index contributed by atoms with van der Waals surface area (Å²) in [7, 11) is 2.86. The van der Waals surface area contributed by atoms with Crippen molar-refractivity contribution in [1.29, 1.82) is 0 Å². The maximum atomic E-state index is 12.4. The summed E-state index contributed by atoms with van der Waals surface area (Å²) in [6, 6.07) is 3.36. The SMILES string of the molecule is COc1cc(CC(C)N)cc(OC)c1C=C(F)F.Cl. The number of ether oxygens (including phenoxy) is 2. The van der Waals surface area contributed by atoms with Crippen molar-refractivity contribution in [3.05, 3.63) is 29.3 Å². The highest BCUT2D eigenvalue weighted by molar-refractivity contribution is 5.85. The molecule has 1 atom stereocenters. The number of methoxy groups -OCH3 is 2. The average Bonchev–Trinajstić information content (AvgIpc) is 2.29. The van der Waals surface area contributed by atoms with Gasteiger partial charge in [-0.2, -0.15) is 8.78 Å². The fraction of sp³-hybridized carbons (Fsp3) is 0.385. The van der Waals surface area contributed by atoms with Crippen LogP contribution in [0.25, 0.3) is 6.08 Å². The summed E-state index contributed by atoms with van der Waals surface area (Å²) in [4.78, 5) is 0. The van der Waals surface area contributed by atoms with Gasteiger partial charge in [-0.25, -0.2) is 0 Å². The predicted molar refractivity (Wildman–Crippen MR) is 74.3 cm³/mol. The van der Waals surface area contributed by atoms with Gasteiger partial charge in [0.1, 0.15) is 11.5 Å². The minimum Gasteiger partial charge on any atom is -0.496 e. The Hall–Kier alpha value is -1.33. The molecule has 108 valence electrons. The van der Waals surface area contributed by atoms with Crippen molar-refractivity contribution in [3.63, 3.8) is 0 Å². The molecule has 3 nitrogen and oxygen atoms in total. The summed E-state index contributed by atoms with van der Waals surface area (Å²) in [5, 5.41) is 0. The van der Waals surface area contributed by atoms with Crippen LogP contribution < -0.4 is 15.2 Å². The zero-order valence-corrected chi connectivity index (χ0v) is 11.9. The molecule has 1 unspecified atom stereocenters. The molecule has 0 heterocycles. The summed E-state index contributed by atoms with van der Waals surface area (Å²) in [5.74, 6) is 0.690. The molecule has 0 spiro atoms. The molecule has 0 radical (unpaired) electrons. The maximum Gasteiger partial charge on any atom is 0.271 e. The van der Waals surface area contributed by atoms with Crippen LogP contribution in [-0.2, 0) is 6.42 Å². The van der Waals surface area contributed by atoms with E-state index in [2.05, 4.69) is 0 Å². The minimum absolute atomic E-state index is 0. The lowest BCUT2D eigenvalue weighted by Crippen LogP contribution is -2.17. The van der Waals surface area contributed by atoms with Crippen LogP contribution in [0.5, 0.6) is 11.5 Å². The lowest BCUT2D eigenvalue weighted by molar-refractivity contribution is 0.389. The number of hydrogen-bond donors (Lipinski definition) is 1. The third kappa shape index (κ3) is 5.04. The standard InChI is InChI=1S/C13H17F2NO2.ClH/c1-8(16)4-9-5-11(17-2)10(7-13(14)15)12(6-9)18-3;/h5-8H,4,16H2,1-3H3;1H. The second-order valence-electron chi connectivity index (χ2n) is 4.03. The van der Waals surface area contributed by atoms with Gasteiger partial charge in [-0.1, -0.05) is 0 Å². The van der Waals surface area contributed by atoms with Gasteiger partial charge >= 0.3 is 0 Å². The van der Waals surface area contributed by atoms with Gasteiger partial charge in [-0.3, -0.25) is 0 Å². The number of rotatable bonds is 5. The summed E-state index contributed by atoms with van der Waals surface area (Å²) in [6.07, 6.45) is -0.450. The van der Waals surface area contributed by atoms with Gasteiger partial charge in [0.05, 0.1) is 19.8 Å². The normalized spacial score (nSPS) is 11.3. The van der Waals surface area contributed by atoms with Crippen LogP contribution in [0.4, 0.5) is 8.78 Å². The van der Waals surface area contributed by atoms with Crippen LogP contribution >= 0.6 is 12.4 Å². The molecular weight excluding hydrogens is 276 g/mol. The third-order valence-corrected chi connectivity index (χ3v) is 2.41. The topological polar surface area (TPSA) is 44.5 Å². The second kappa shape index (κ2) is 7.96. The molecule has 0 saturated carbocycles. The van der Waals surface area contributed by atoms with Crippen LogP contribution in [0.15, 0.2) is 18.2 Å². The average molecular weight is 294 g/mol. The number of halogens is 3. The summed E-state index contributed by atoms with van der Waals surface area (Å²) >= 11 is 0. The lowest BCUT2D eigenvalue weighted by Gasteiger charge is -2.14. The first-order valence-corrected chi connectivity index (χ1v) is 5.51. The van der Waals surface area contributed by atoms with E-state index in [-0.39, 0.29) is 24.0 Å². The van der Waals surface area contributed by atoms with Gasteiger partial charge in [-0.15, -0.1) is 12.4 Å². The van der Waals surface area contributed by atoms with Crippen LogP contribution in [-0.4, -0.2) is 20.3 Å². The first kappa shape index (κ1) is 17.7. The Morgan fingerprint density at radius 1 is 1.26 bits per heavy atom. The van der Waals surface area contributed by atoms with E-state index in [0.29, 0.717) is 17.9 Å². The van der Waals surface area contributed by atoms with Crippen molar-refractivity contribution < 1.29 is 18.3 Å². The molecule has 1 rings (SSSR count). The van der Waals surface area contributed by atoms with Crippen molar-refractivity contribution in [1.82, 2.24) is 0 Å². The van der Waals surface area contributed by atoms with E-state index >= 15 is 0 Å². The highest BCUT2D eigenvalue weighted by atomic mass is 35.5. The van der Waals surface area contributed by atoms with Crippen LogP contribution in [0, 0.1) is 0 Å². The Kier molecular flexibility index (Phi) is 7.41. The van der Waals surface area contributed by atoms with Gasteiger partial charge in [0.25, 0.3) is 6.08 Å². The zero-order chi connectivity index (χ0) is 13.7. The molecule has 0 saturated heterocycles. The zero-order valence-electron chi connectivity index (χ0n) is 11.1. The van der Waals surface area contributed by atoms with Crippen LogP contribution in [0.3, 0.4) is 0 Å². The van der Waals surface area contributed by atoms with E-state index in [0.717, 1.165) is 11.6 Å². The van der Waals surface area contributed by atoms with Gasteiger partial charge in [0, 0.05) is 12.1 Å².